The molecule has 4 aliphatic heterocycles. The molecule has 0 aromatic carbocycles. The summed E-state index contributed by atoms with van der Waals surface area (Å²) in [5.41, 5.74) is 0.170. The third-order valence-electron chi connectivity index (χ3n) is 6.09. The molecule has 0 radical (unpaired) electrons. The highest BCUT2D eigenvalue weighted by atomic mass is 16.5. The molecule has 4 fully saturated rings. The van der Waals surface area contributed by atoms with E-state index in [0.29, 0.717) is 6.04 Å². The molecule has 1 spiro atoms. The Morgan fingerprint density at radius 1 is 1.13 bits per heavy atom. The number of carbonyl (C=O) groups excluding carboxylic acids is 1. The van der Waals surface area contributed by atoms with Gasteiger partial charge in [-0.25, -0.2) is 0 Å². The number of rotatable bonds is 2. The average Bonchev–Trinajstić information content (AvgIpc) is 2.54. The number of fused-ring (bicyclic) bond motifs is 2. The number of hydrogen-bond donors (Lipinski definition) is 0. The molecule has 4 heterocycles. The summed E-state index contributed by atoms with van der Waals surface area (Å²) in [6.07, 6.45) is 2.40. The molecule has 0 N–H and O–H groups in total. The van der Waals surface area contributed by atoms with Gasteiger partial charge < -0.3 is 14.4 Å². The first-order valence-corrected chi connectivity index (χ1v) is 9.06. The monoisotopic (exact) mass is 323 g/mol. The van der Waals surface area contributed by atoms with Gasteiger partial charge in [-0.1, -0.05) is 0 Å². The minimum Gasteiger partial charge on any atom is -0.381 e. The highest BCUT2D eigenvalue weighted by Gasteiger charge is 2.54. The molecule has 1 unspecified atom stereocenters. The number of ether oxygens (including phenoxy) is 2. The summed E-state index contributed by atoms with van der Waals surface area (Å²) >= 11 is 0. The van der Waals surface area contributed by atoms with Crippen LogP contribution in [0, 0.1) is 5.92 Å². The van der Waals surface area contributed by atoms with E-state index >= 15 is 0 Å². The van der Waals surface area contributed by atoms with Crippen LogP contribution in [0.5, 0.6) is 0 Å². The summed E-state index contributed by atoms with van der Waals surface area (Å²) in [6, 6.07) is 0.381. The van der Waals surface area contributed by atoms with E-state index in [4.69, 9.17) is 9.47 Å². The minimum absolute atomic E-state index is 0.170. The second-order valence-electron chi connectivity index (χ2n) is 7.77. The van der Waals surface area contributed by atoms with Crippen LogP contribution in [0.4, 0.5) is 0 Å². The Morgan fingerprint density at radius 3 is 2.65 bits per heavy atom. The molecule has 23 heavy (non-hydrogen) atoms. The summed E-state index contributed by atoms with van der Waals surface area (Å²) in [6.45, 7) is 11.3. The van der Waals surface area contributed by atoms with E-state index in [1.807, 2.05) is 4.90 Å². The van der Waals surface area contributed by atoms with Gasteiger partial charge in [0, 0.05) is 59.4 Å². The molecule has 4 rings (SSSR count). The van der Waals surface area contributed by atoms with E-state index in [1.165, 1.54) is 19.4 Å². The third-order valence-corrected chi connectivity index (χ3v) is 6.09. The largest absolute Gasteiger partial charge is 0.381 e. The number of nitrogens with zero attached hydrogens (tertiary/aromatic N) is 3. The van der Waals surface area contributed by atoms with Gasteiger partial charge in [-0.05, 0) is 18.8 Å². The number of hydrogen-bond acceptors (Lipinski definition) is 5. The van der Waals surface area contributed by atoms with Crippen LogP contribution in [0.3, 0.4) is 0 Å². The molecule has 0 saturated carbocycles. The van der Waals surface area contributed by atoms with Crippen molar-refractivity contribution in [2.45, 2.75) is 31.3 Å². The quantitative estimate of drug-likeness (QED) is 0.717. The molecule has 1 amide bonds. The van der Waals surface area contributed by atoms with Gasteiger partial charge in [-0.2, -0.15) is 0 Å². The van der Waals surface area contributed by atoms with E-state index in [1.54, 1.807) is 6.92 Å². The van der Waals surface area contributed by atoms with Crippen LogP contribution in [0.1, 0.15) is 19.8 Å². The van der Waals surface area contributed by atoms with Crippen LogP contribution in [0.25, 0.3) is 0 Å². The predicted molar refractivity (Wildman–Crippen MR) is 86.3 cm³/mol. The van der Waals surface area contributed by atoms with Crippen molar-refractivity contribution in [2.75, 3.05) is 65.7 Å². The van der Waals surface area contributed by atoms with Gasteiger partial charge in [0.2, 0.25) is 5.91 Å². The molecule has 0 aromatic rings. The number of morpholine rings is 1. The van der Waals surface area contributed by atoms with Crippen molar-refractivity contribution >= 4 is 5.91 Å². The second-order valence-corrected chi connectivity index (χ2v) is 7.77. The van der Waals surface area contributed by atoms with Crippen LogP contribution in [-0.2, 0) is 14.3 Å². The molecule has 130 valence electrons. The number of likely N-dealkylation sites (tertiary alicyclic amines) is 1. The molecule has 4 saturated heterocycles. The van der Waals surface area contributed by atoms with Crippen molar-refractivity contribution in [3.05, 3.63) is 0 Å². The fourth-order valence-electron chi connectivity index (χ4n) is 4.93. The van der Waals surface area contributed by atoms with Crippen LogP contribution in [0.2, 0.25) is 0 Å². The topological polar surface area (TPSA) is 45.2 Å². The molecule has 4 aliphatic rings. The first kappa shape index (κ1) is 15.8. The van der Waals surface area contributed by atoms with Gasteiger partial charge in [-0.3, -0.25) is 14.6 Å². The van der Waals surface area contributed by atoms with E-state index < -0.39 is 0 Å². The van der Waals surface area contributed by atoms with Gasteiger partial charge in [0.15, 0.2) is 0 Å². The zero-order valence-corrected chi connectivity index (χ0v) is 14.2. The molecular formula is C17H29N3O3. The highest BCUT2D eigenvalue weighted by molar-refractivity contribution is 5.73. The number of piperazine rings is 1. The minimum atomic E-state index is 0.170. The van der Waals surface area contributed by atoms with Gasteiger partial charge in [0.05, 0.1) is 24.8 Å². The maximum absolute atomic E-state index is 11.9. The molecule has 6 nitrogen and oxygen atoms in total. The zero-order chi connectivity index (χ0) is 15.9. The van der Waals surface area contributed by atoms with Gasteiger partial charge in [-0.15, -0.1) is 0 Å². The fourth-order valence-corrected chi connectivity index (χ4v) is 4.93. The lowest BCUT2D eigenvalue weighted by Gasteiger charge is -2.63. The van der Waals surface area contributed by atoms with Crippen LogP contribution in [0.15, 0.2) is 0 Å². The lowest BCUT2D eigenvalue weighted by molar-refractivity contribution is -0.175. The predicted octanol–water partition coefficient (Wildman–Crippen LogP) is 0.0303. The van der Waals surface area contributed by atoms with E-state index in [0.717, 1.165) is 65.1 Å². The van der Waals surface area contributed by atoms with Crippen molar-refractivity contribution < 1.29 is 14.3 Å². The Kier molecular flexibility index (Phi) is 4.34. The molecule has 1 atom stereocenters. The fraction of sp³-hybridized carbons (Fsp3) is 0.941. The van der Waals surface area contributed by atoms with Crippen LogP contribution in [-0.4, -0.2) is 97.9 Å². The van der Waals surface area contributed by atoms with Crippen molar-refractivity contribution in [3.63, 3.8) is 0 Å². The Bertz CT molecular complexity index is 446. The molecule has 0 aliphatic carbocycles. The van der Waals surface area contributed by atoms with E-state index in [9.17, 15) is 4.79 Å². The smallest absolute Gasteiger partial charge is 0.219 e. The maximum atomic E-state index is 11.9. The van der Waals surface area contributed by atoms with Crippen molar-refractivity contribution in [3.8, 4) is 0 Å². The summed E-state index contributed by atoms with van der Waals surface area (Å²) in [5.74, 6) is 0.992. The highest BCUT2D eigenvalue weighted by Crippen LogP contribution is 2.36. The van der Waals surface area contributed by atoms with Gasteiger partial charge in [0.25, 0.3) is 0 Å². The Hall–Kier alpha value is -0.690. The molecule has 0 bridgehead atoms. The SMILES string of the molecule is CC(=O)N1CC2COCCN2C2(CN(CC3CCOCC3)C2)C1. The zero-order valence-electron chi connectivity index (χ0n) is 14.2. The second kappa shape index (κ2) is 6.31. The molecule has 6 heteroatoms. The van der Waals surface area contributed by atoms with Crippen molar-refractivity contribution in [2.24, 2.45) is 5.92 Å². The first-order valence-electron chi connectivity index (χ1n) is 9.06. The van der Waals surface area contributed by atoms with Crippen LogP contribution >= 0.6 is 0 Å². The lowest BCUT2D eigenvalue weighted by Crippen LogP contribution is -2.81. The maximum Gasteiger partial charge on any atom is 0.219 e. The Labute approximate surface area is 138 Å². The average molecular weight is 323 g/mol. The normalized spacial score (nSPS) is 32.6. The summed E-state index contributed by atoms with van der Waals surface area (Å²) in [5, 5.41) is 0. The Morgan fingerprint density at radius 2 is 1.91 bits per heavy atom. The summed E-state index contributed by atoms with van der Waals surface area (Å²) in [7, 11) is 0. The van der Waals surface area contributed by atoms with E-state index in [-0.39, 0.29) is 11.4 Å². The summed E-state index contributed by atoms with van der Waals surface area (Å²) < 4.78 is 11.1. The summed E-state index contributed by atoms with van der Waals surface area (Å²) in [4.78, 5) is 19.2. The van der Waals surface area contributed by atoms with Gasteiger partial charge >= 0.3 is 0 Å². The first-order chi connectivity index (χ1) is 11.2. The lowest BCUT2D eigenvalue weighted by atomic mass is 9.81. The number of amides is 1. The standard InChI is InChI=1S/C17H29N3O3/c1-14(21)19-9-16-10-23-7-4-20(16)17(13-19)11-18(12-17)8-15-2-5-22-6-3-15/h15-16H,2-13H2,1H3. The van der Waals surface area contributed by atoms with Crippen molar-refractivity contribution in [1.82, 2.24) is 14.7 Å². The van der Waals surface area contributed by atoms with Gasteiger partial charge in [0.1, 0.15) is 0 Å². The molecule has 0 aromatic heterocycles. The number of carbonyl (C=O) groups is 1. The van der Waals surface area contributed by atoms with E-state index in [2.05, 4.69) is 9.80 Å². The Balaban J connectivity index is 1.40. The third kappa shape index (κ3) is 3.02. The van der Waals surface area contributed by atoms with Crippen molar-refractivity contribution in [1.29, 1.82) is 0 Å². The van der Waals surface area contributed by atoms with Crippen LogP contribution < -0.4 is 0 Å². The molecular weight excluding hydrogens is 294 g/mol.